The van der Waals surface area contributed by atoms with Crippen LogP contribution in [-0.2, 0) is 9.59 Å². The van der Waals surface area contributed by atoms with Crippen molar-refractivity contribution < 1.29 is 19.8 Å². The molecule has 0 amide bonds. The monoisotopic (exact) mass is 336 g/mol. The van der Waals surface area contributed by atoms with Crippen LogP contribution in [0.2, 0.25) is 0 Å². The number of carboxylic acids is 2. The zero-order valence-electron chi connectivity index (χ0n) is 13.9. The van der Waals surface area contributed by atoms with Gasteiger partial charge in [-0.1, -0.05) is 72.8 Å². The minimum Gasteiger partial charge on any atom is -0.481 e. The van der Waals surface area contributed by atoms with Gasteiger partial charge in [-0.05, 0) is 18.1 Å². The van der Waals surface area contributed by atoms with Gasteiger partial charge in [0.05, 0.1) is 11.3 Å². The van der Waals surface area contributed by atoms with Crippen molar-refractivity contribution in [1.29, 1.82) is 0 Å². The van der Waals surface area contributed by atoms with Crippen LogP contribution in [0.5, 0.6) is 0 Å². The molecule has 0 fully saturated rings. The molecular formula is C21H20O4. The quantitative estimate of drug-likeness (QED) is 0.830. The van der Waals surface area contributed by atoms with Gasteiger partial charge < -0.3 is 10.2 Å². The van der Waals surface area contributed by atoms with E-state index < -0.39 is 35.1 Å². The van der Waals surface area contributed by atoms with Gasteiger partial charge >= 0.3 is 11.9 Å². The summed E-state index contributed by atoms with van der Waals surface area (Å²) in [6.07, 6.45) is 3.69. The number of rotatable bonds is 4. The Morgan fingerprint density at radius 2 is 1.36 bits per heavy atom. The highest BCUT2D eigenvalue weighted by molar-refractivity contribution is 5.86. The topological polar surface area (TPSA) is 74.6 Å². The fraction of sp³-hybridized carbons (Fsp3) is 0.238. The predicted octanol–water partition coefficient (Wildman–Crippen LogP) is 3.92. The second kappa shape index (κ2) is 6.55. The van der Waals surface area contributed by atoms with Crippen molar-refractivity contribution in [2.24, 2.45) is 11.3 Å². The van der Waals surface area contributed by atoms with Crippen molar-refractivity contribution in [3.8, 4) is 0 Å². The van der Waals surface area contributed by atoms with Gasteiger partial charge in [0.1, 0.15) is 0 Å². The van der Waals surface area contributed by atoms with Crippen LogP contribution in [0, 0.1) is 11.3 Å². The summed E-state index contributed by atoms with van der Waals surface area (Å²) in [4.78, 5) is 24.4. The highest BCUT2D eigenvalue weighted by Gasteiger charge is 2.55. The Morgan fingerprint density at radius 3 is 1.84 bits per heavy atom. The van der Waals surface area contributed by atoms with Crippen molar-refractivity contribution in [2.75, 3.05) is 0 Å². The molecule has 2 aromatic rings. The third kappa shape index (κ3) is 2.84. The number of hydrogen-bond donors (Lipinski definition) is 2. The molecule has 2 aromatic carbocycles. The molecule has 1 aliphatic carbocycles. The fourth-order valence-electron chi connectivity index (χ4n) is 3.88. The molecule has 0 unspecified atom stereocenters. The number of carboxylic acid groups (broad SMARTS) is 2. The summed E-state index contributed by atoms with van der Waals surface area (Å²) >= 11 is 0. The van der Waals surface area contributed by atoms with E-state index in [0.717, 1.165) is 11.1 Å². The van der Waals surface area contributed by atoms with E-state index in [2.05, 4.69) is 0 Å². The first-order valence-corrected chi connectivity index (χ1v) is 8.20. The van der Waals surface area contributed by atoms with E-state index in [0.29, 0.717) is 0 Å². The summed E-state index contributed by atoms with van der Waals surface area (Å²) < 4.78 is 0. The van der Waals surface area contributed by atoms with Gasteiger partial charge in [0, 0.05) is 11.8 Å². The van der Waals surface area contributed by atoms with E-state index in [4.69, 9.17) is 0 Å². The molecule has 0 spiro atoms. The number of benzene rings is 2. The fourth-order valence-corrected chi connectivity index (χ4v) is 3.88. The molecule has 1 aliphatic rings. The van der Waals surface area contributed by atoms with Crippen molar-refractivity contribution in [3.63, 3.8) is 0 Å². The summed E-state index contributed by atoms with van der Waals surface area (Å²) in [5.74, 6) is -4.25. The standard InChI is InChI=1S/C21H20O4/c1-21(20(24)25)17(15-10-6-3-7-11-15)13-12-16(18(21)19(22)23)14-8-4-2-5-9-14/h2-13,16-18H,1H3,(H,22,23)(H,24,25)/t16-,17-,18-,21-/m1/s1. The van der Waals surface area contributed by atoms with E-state index in [1.165, 1.54) is 0 Å². The molecule has 25 heavy (non-hydrogen) atoms. The molecule has 128 valence electrons. The second-order valence-corrected chi connectivity index (χ2v) is 6.61. The van der Waals surface area contributed by atoms with Gasteiger partial charge in [-0.3, -0.25) is 9.59 Å². The van der Waals surface area contributed by atoms with E-state index in [1.54, 1.807) is 6.92 Å². The first-order chi connectivity index (χ1) is 12.0. The summed E-state index contributed by atoms with van der Waals surface area (Å²) in [5, 5.41) is 19.9. The smallest absolute Gasteiger partial charge is 0.311 e. The normalized spacial score (nSPS) is 28.4. The summed E-state index contributed by atoms with van der Waals surface area (Å²) in [5.41, 5.74) is 0.161. The third-order valence-corrected chi connectivity index (χ3v) is 5.23. The molecule has 0 aliphatic heterocycles. The van der Waals surface area contributed by atoms with Crippen molar-refractivity contribution in [3.05, 3.63) is 83.9 Å². The molecule has 2 N–H and O–H groups in total. The number of hydrogen-bond acceptors (Lipinski definition) is 2. The van der Waals surface area contributed by atoms with E-state index >= 15 is 0 Å². The largest absolute Gasteiger partial charge is 0.481 e. The van der Waals surface area contributed by atoms with Crippen LogP contribution in [0.25, 0.3) is 0 Å². The number of aliphatic carboxylic acids is 2. The molecule has 0 saturated heterocycles. The SMILES string of the molecule is C[C@@]1(C(=O)O)[C@@H](c2ccccc2)C=C[C@H](c2ccccc2)[C@@H]1C(=O)O. The summed E-state index contributed by atoms with van der Waals surface area (Å²) in [7, 11) is 0. The lowest BCUT2D eigenvalue weighted by atomic mass is 9.57. The Bertz CT molecular complexity index is 797. The van der Waals surface area contributed by atoms with Crippen molar-refractivity contribution >= 4 is 11.9 Å². The maximum Gasteiger partial charge on any atom is 0.311 e. The molecule has 0 heterocycles. The number of carbonyl (C=O) groups is 2. The average Bonchev–Trinajstić information content (AvgIpc) is 2.62. The molecule has 4 heteroatoms. The maximum absolute atomic E-state index is 12.3. The average molecular weight is 336 g/mol. The third-order valence-electron chi connectivity index (χ3n) is 5.23. The second-order valence-electron chi connectivity index (χ2n) is 6.61. The van der Waals surface area contributed by atoms with Gasteiger partial charge in [0.15, 0.2) is 0 Å². The van der Waals surface area contributed by atoms with Gasteiger partial charge in [0.25, 0.3) is 0 Å². The lowest BCUT2D eigenvalue weighted by Crippen LogP contribution is -2.48. The Hall–Kier alpha value is -2.88. The van der Waals surface area contributed by atoms with Crippen LogP contribution < -0.4 is 0 Å². The molecule has 0 radical (unpaired) electrons. The van der Waals surface area contributed by atoms with Gasteiger partial charge in [-0.2, -0.15) is 0 Å². The lowest BCUT2D eigenvalue weighted by Gasteiger charge is -2.43. The van der Waals surface area contributed by atoms with Gasteiger partial charge in [0.2, 0.25) is 0 Å². The number of allylic oxidation sites excluding steroid dienone is 2. The maximum atomic E-state index is 12.3. The zero-order chi connectivity index (χ0) is 18.0. The first kappa shape index (κ1) is 17.0. The summed E-state index contributed by atoms with van der Waals surface area (Å²) in [6, 6.07) is 18.4. The predicted molar refractivity (Wildman–Crippen MR) is 94.4 cm³/mol. The van der Waals surface area contributed by atoms with Crippen LogP contribution in [0.3, 0.4) is 0 Å². The van der Waals surface area contributed by atoms with Crippen molar-refractivity contribution in [1.82, 2.24) is 0 Å². The molecule has 4 atom stereocenters. The summed E-state index contributed by atoms with van der Waals surface area (Å²) in [6.45, 7) is 1.55. The Labute approximate surface area is 146 Å². The molecule has 3 rings (SSSR count). The van der Waals surface area contributed by atoms with E-state index in [-0.39, 0.29) is 0 Å². The Kier molecular flexibility index (Phi) is 4.45. The van der Waals surface area contributed by atoms with Crippen LogP contribution in [0.1, 0.15) is 29.9 Å². The minimum absolute atomic E-state index is 0.486. The minimum atomic E-state index is -1.46. The van der Waals surface area contributed by atoms with Crippen molar-refractivity contribution in [2.45, 2.75) is 18.8 Å². The Balaban J connectivity index is 2.18. The van der Waals surface area contributed by atoms with Gasteiger partial charge in [-0.25, -0.2) is 0 Å². The van der Waals surface area contributed by atoms with Crippen LogP contribution in [0.15, 0.2) is 72.8 Å². The molecule has 0 saturated carbocycles. The molecule has 4 nitrogen and oxygen atoms in total. The Morgan fingerprint density at radius 1 is 0.840 bits per heavy atom. The van der Waals surface area contributed by atoms with Crippen LogP contribution in [0.4, 0.5) is 0 Å². The first-order valence-electron chi connectivity index (χ1n) is 8.20. The van der Waals surface area contributed by atoms with E-state index in [9.17, 15) is 19.8 Å². The lowest BCUT2D eigenvalue weighted by molar-refractivity contribution is -0.163. The molecular weight excluding hydrogens is 316 g/mol. The van der Waals surface area contributed by atoms with Crippen LogP contribution in [-0.4, -0.2) is 22.2 Å². The molecule has 0 aromatic heterocycles. The molecule has 0 bridgehead atoms. The highest BCUT2D eigenvalue weighted by Crippen LogP contribution is 2.52. The zero-order valence-corrected chi connectivity index (χ0v) is 13.9. The van der Waals surface area contributed by atoms with E-state index in [1.807, 2.05) is 72.8 Å². The van der Waals surface area contributed by atoms with Crippen LogP contribution >= 0.6 is 0 Å². The van der Waals surface area contributed by atoms with Gasteiger partial charge in [-0.15, -0.1) is 0 Å². The highest BCUT2D eigenvalue weighted by atomic mass is 16.4.